The molecule has 0 aliphatic heterocycles. The average Bonchev–Trinajstić information content (AvgIpc) is 3.20. The van der Waals surface area contributed by atoms with Crippen LogP contribution < -0.4 is 14.8 Å². The highest BCUT2D eigenvalue weighted by atomic mass is 35.5. The second kappa shape index (κ2) is 8.15. The van der Waals surface area contributed by atoms with E-state index in [1.54, 1.807) is 17.4 Å². The van der Waals surface area contributed by atoms with E-state index in [-0.39, 0.29) is 22.9 Å². The van der Waals surface area contributed by atoms with Gasteiger partial charge in [0.2, 0.25) is 0 Å². The number of hydrogen-bond acceptors (Lipinski definition) is 4. The van der Waals surface area contributed by atoms with Crippen LogP contribution in [0.2, 0.25) is 5.02 Å². The van der Waals surface area contributed by atoms with Gasteiger partial charge < -0.3 is 0 Å². The quantitative estimate of drug-likeness (QED) is 0.620. The molecule has 0 spiro atoms. The minimum absolute atomic E-state index is 0.0743. The normalized spacial score (nSPS) is 13.3. The van der Waals surface area contributed by atoms with Crippen molar-refractivity contribution in [1.82, 2.24) is 4.57 Å². The zero-order valence-electron chi connectivity index (χ0n) is 15.7. The van der Waals surface area contributed by atoms with Gasteiger partial charge in [-0.25, -0.2) is 4.39 Å². The molecule has 0 radical (unpaired) electrons. The lowest BCUT2D eigenvalue weighted by molar-refractivity contribution is -0.120. The third kappa shape index (κ3) is 4.69. The smallest absolute Gasteiger partial charge is 0.269 e. The molecule has 3 nitrogen and oxygen atoms in total. The van der Waals surface area contributed by atoms with Crippen molar-refractivity contribution in [3.8, 4) is 0 Å². The lowest BCUT2D eigenvalue weighted by Crippen LogP contribution is -2.33. The van der Waals surface area contributed by atoms with Crippen molar-refractivity contribution in [2.75, 3.05) is 0 Å². The molecule has 1 aromatic carbocycles. The van der Waals surface area contributed by atoms with Crippen molar-refractivity contribution in [2.24, 2.45) is 5.41 Å². The summed E-state index contributed by atoms with van der Waals surface area (Å²) in [4.78, 5) is 25.6. The van der Waals surface area contributed by atoms with E-state index in [1.165, 1.54) is 34.1 Å². The fraction of sp³-hybridized carbons (Fsp3) is 0.238. The Morgan fingerprint density at radius 1 is 1.29 bits per heavy atom. The lowest BCUT2D eigenvalue weighted by Gasteiger charge is -2.13. The van der Waals surface area contributed by atoms with E-state index < -0.39 is 11.2 Å². The number of Topliss-reactive ketones (excluding diaryl/α,β-unsaturated/α-hetero) is 1. The molecule has 0 aliphatic rings. The highest BCUT2D eigenvalue weighted by Gasteiger charge is 2.19. The summed E-state index contributed by atoms with van der Waals surface area (Å²) in [5.74, 6) is -0.512. The molecule has 0 saturated heterocycles. The van der Waals surface area contributed by atoms with E-state index in [1.807, 2.05) is 43.7 Å². The van der Waals surface area contributed by atoms with E-state index in [4.69, 9.17) is 11.6 Å². The van der Waals surface area contributed by atoms with Gasteiger partial charge in [-0.15, -0.1) is 11.3 Å². The Balaban J connectivity index is 2.19. The van der Waals surface area contributed by atoms with Crippen LogP contribution in [0.1, 0.15) is 31.9 Å². The number of rotatable bonds is 4. The zero-order chi connectivity index (χ0) is 20.5. The number of halogens is 2. The van der Waals surface area contributed by atoms with Crippen molar-refractivity contribution in [1.29, 1.82) is 0 Å². The van der Waals surface area contributed by atoms with E-state index in [2.05, 4.69) is 0 Å². The van der Waals surface area contributed by atoms with Gasteiger partial charge in [0.25, 0.3) is 5.56 Å². The summed E-state index contributed by atoms with van der Waals surface area (Å²) in [5.41, 5.74) is 0.784. The molecule has 0 unspecified atom stereocenters. The van der Waals surface area contributed by atoms with Crippen LogP contribution in [-0.4, -0.2) is 10.4 Å². The van der Waals surface area contributed by atoms with Crippen LogP contribution in [0.5, 0.6) is 0 Å². The fourth-order valence-electron chi connectivity index (χ4n) is 2.45. The van der Waals surface area contributed by atoms with Crippen LogP contribution in [0.4, 0.5) is 4.39 Å². The first-order chi connectivity index (χ1) is 13.1. The van der Waals surface area contributed by atoms with Gasteiger partial charge in [0.1, 0.15) is 10.5 Å². The Hall–Kier alpha value is -2.02. The van der Waals surface area contributed by atoms with Crippen LogP contribution in [0.15, 0.2) is 39.8 Å². The second-order valence-electron chi connectivity index (χ2n) is 7.39. The molecule has 7 heteroatoms. The number of thiazole rings is 1. The van der Waals surface area contributed by atoms with Crippen molar-refractivity contribution in [2.45, 2.75) is 27.3 Å². The minimum atomic E-state index is -0.560. The minimum Gasteiger partial charge on any atom is -0.294 e. The average molecular weight is 436 g/mol. The standard InChI is InChI=1S/C21H19ClFNO2S2/c1-21(2,3)18(25)10-19-24(11-14-4-5-15(23)9-16(14)22)20(26)17(28-19)8-13-6-7-27-12-13/h4-10,12H,11H2,1-3H3/b17-8-,19-10-. The second-order valence-corrected chi connectivity index (χ2v) is 9.64. The zero-order valence-corrected chi connectivity index (χ0v) is 18.1. The molecular weight excluding hydrogens is 417 g/mol. The maximum absolute atomic E-state index is 13.4. The first-order valence-electron chi connectivity index (χ1n) is 8.59. The summed E-state index contributed by atoms with van der Waals surface area (Å²) in [7, 11) is 0. The number of hydrogen-bond donors (Lipinski definition) is 0. The van der Waals surface area contributed by atoms with Crippen LogP contribution >= 0.6 is 34.3 Å². The summed E-state index contributed by atoms with van der Waals surface area (Å²) in [6, 6.07) is 6.01. The van der Waals surface area contributed by atoms with Crippen molar-refractivity contribution in [3.63, 3.8) is 0 Å². The van der Waals surface area contributed by atoms with Crippen molar-refractivity contribution < 1.29 is 9.18 Å². The number of aromatic nitrogens is 1. The Labute approximate surface area is 175 Å². The van der Waals surface area contributed by atoms with Crippen molar-refractivity contribution >= 4 is 52.2 Å². The third-order valence-corrected chi connectivity index (χ3v) is 6.23. The summed E-state index contributed by atoms with van der Waals surface area (Å²) in [5, 5.41) is 4.13. The highest BCUT2D eigenvalue weighted by molar-refractivity contribution is 7.08. The first kappa shape index (κ1) is 20.7. The van der Waals surface area contributed by atoms with Gasteiger partial charge in [-0.1, -0.05) is 38.4 Å². The molecule has 146 valence electrons. The predicted octanol–water partition coefficient (Wildman–Crippen LogP) is 4.04. The van der Waals surface area contributed by atoms with Gasteiger partial charge in [0.15, 0.2) is 5.78 Å². The highest BCUT2D eigenvalue weighted by Crippen LogP contribution is 2.18. The largest absolute Gasteiger partial charge is 0.294 e. The summed E-state index contributed by atoms with van der Waals surface area (Å²) >= 11 is 8.96. The third-order valence-electron chi connectivity index (χ3n) is 4.11. The fourth-order valence-corrected chi connectivity index (χ4v) is 4.34. The Morgan fingerprint density at radius 2 is 2.04 bits per heavy atom. The molecule has 0 atom stereocenters. The number of nitrogens with zero attached hydrogens (tertiary/aromatic N) is 1. The van der Waals surface area contributed by atoms with Gasteiger partial charge in [-0.2, -0.15) is 11.3 Å². The van der Waals surface area contributed by atoms with E-state index in [0.717, 1.165) is 5.56 Å². The van der Waals surface area contributed by atoms with Gasteiger partial charge in [0.05, 0.1) is 11.1 Å². The maximum Gasteiger partial charge on any atom is 0.269 e. The summed E-state index contributed by atoms with van der Waals surface area (Å²) in [6.45, 7) is 5.65. The van der Waals surface area contributed by atoms with Gasteiger partial charge in [0, 0.05) is 16.5 Å². The SMILES string of the molecule is CC(C)(C)C(=O)/C=c1\s/c(=C\c2ccsc2)c(=O)n1Cc1ccc(F)cc1Cl. The number of carbonyl (C=O) groups is 1. The number of ketones is 1. The lowest BCUT2D eigenvalue weighted by atomic mass is 9.91. The molecule has 0 N–H and O–H groups in total. The molecule has 2 heterocycles. The maximum atomic E-state index is 13.4. The molecule has 28 heavy (non-hydrogen) atoms. The molecule has 0 bridgehead atoms. The van der Waals surface area contributed by atoms with Crippen LogP contribution in [0, 0.1) is 11.2 Å². The first-order valence-corrected chi connectivity index (χ1v) is 10.7. The summed E-state index contributed by atoms with van der Waals surface area (Å²) < 4.78 is 16.0. The molecular formula is C21H19ClFNO2S2. The predicted molar refractivity (Wildman–Crippen MR) is 115 cm³/mol. The summed E-state index contributed by atoms with van der Waals surface area (Å²) in [6.07, 6.45) is 3.32. The van der Waals surface area contributed by atoms with Gasteiger partial charge >= 0.3 is 0 Å². The molecule has 0 fully saturated rings. The number of carbonyl (C=O) groups excluding carboxylic acids is 1. The molecule has 3 rings (SSSR count). The Bertz CT molecular complexity index is 1180. The van der Waals surface area contributed by atoms with Gasteiger partial charge in [-0.05, 0) is 46.2 Å². The van der Waals surface area contributed by atoms with Crippen molar-refractivity contribution in [3.05, 3.63) is 76.5 Å². The van der Waals surface area contributed by atoms with Crippen LogP contribution in [-0.2, 0) is 11.3 Å². The van der Waals surface area contributed by atoms with E-state index >= 15 is 0 Å². The number of benzene rings is 1. The molecule has 0 saturated carbocycles. The monoisotopic (exact) mass is 435 g/mol. The van der Waals surface area contributed by atoms with E-state index in [0.29, 0.717) is 14.8 Å². The van der Waals surface area contributed by atoms with Crippen LogP contribution in [0.25, 0.3) is 12.2 Å². The Kier molecular flexibility index (Phi) is 6.03. The molecule has 2 aromatic heterocycles. The molecule has 0 amide bonds. The molecule has 0 aliphatic carbocycles. The molecule has 3 aromatic rings. The topological polar surface area (TPSA) is 39.1 Å². The van der Waals surface area contributed by atoms with Gasteiger partial charge in [-0.3, -0.25) is 14.2 Å². The van der Waals surface area contributed by atoms with E-state index in [9.17, 15) is 14.0 Å². The van der Waals surface area contributed by atoms with Crippen LogP contribution in [0.3, 0.4) is 0 Å². The number of thiophene rings is 1. The Morgan fingerprint density at radius 3 is 2.64 bits per heavy atom.